The molecule has 104 valence electrons. The summed E-state index contributed by atoms with van der Waals surface area (Å²) in [6.07, 6.45) is 5.11. The maximum absolute atomic E-state index is 11.6. The van der Waals surface area contributed by atoms with Crippen LogP contribution in [0.4, 0.5) is 0 Å². The summed E-state index contributed by atoms with van der Waals surface area (Å²) in [7, 11) is 0. The Morgan fingerprint density at radius 2 is 2.15 bits per heavy atom. The largest absolute Gasteiger partial charge is 0.364 e. The number of thioether (sulfide) groups is 1. The van der Waals surface area contributed by atoms with Crippen molar-refractivity contribution in [2.75, 3.05) is 5.75 Å². The molecule has 5 heteroatoms. The molecule has 2 heterocycles. The standard InChI is InChI=1S/C15H17N3OS/c1-10(2)9-20-14-12(11-4-3-6-17-8-11)5-7-18-13(14)15(16)19/h3-8,10H,9H2,1-2H3,(H2,16,19). The van der Waals surface area contributed by atoms with Crippen LogP contribution < -0.4 is 5.73 Å². The minimum Gasteiger partial charge on any atom is -0.364 e. The Morgan fingerprint density at radius 1 is 1.35 bits per heavy atom. The van der Waals surface area contributed by atoms with Crippen molar-refractivity contribution in [3.05, 3.63) is 42.5 Å². The van der Waals surface area contributed by atoms with Gasteiger partial charge in [0.05, 0.1) is 0 Å². The normalized spacial score (nSPS) is 10.8. The SMILES string of the molecule is CC(C)CSc1c(-c2cccnc2)ccnc1C(N)=O. The van der Waals surface area contributed by atoms with E-state index in [-0.39, 0.29) is 0 Å². The first-order valence-corrected chi connectivity index (χ1v) is 7.40. The van der Waals surface area contributed by atoms with Crippen LogP contribution in [0.25, 0.3) is 11.1 Å². The highest BCUT2D eigenvalue weighted by atomic mass is 32.2. The van der Waals surface area contributed by atoms with Crippen molar-refractivity contribution in [1.29, 1.82) is 0 Å². The minimum absolute atomic E-state index is 0.331. The number of carbonyl (C=O) groups is 1. The zero-order valence-corrected chi connectivity index (χ0v) is 12.4. The van der Waals surface area contributed by atoms with E-state index in [1.807, 2.05) is 18.2 Å². The van der Waals surface area contributed by atoms with Crippen LogP contribution in [0.1, 0.15) is 24.3 Å². The monoisotopic (exact) mass is 287 g/mol. The molecule has 0 fully saturated rings. The highest BCUT2D eigenvalue weighted by Gasteiger charge is 2.16. The van der Waals surface area contributed by atoms with E-state index in [2.05, 4.69) is 23.8 Å². The molecule has 0 atom stereocenters. The zero-order chi connectivity index (χ0) is 14.5. The predicted octanol–water partition coefficient (Wildman–Crippen LogP) is 2.99. The number of primary amides is 1. The number of hydrogen-bond donors (Lipinski definition) is 1. The van der Waals surface area contributed by atoms with E-state index in [1.165, 1.54) is 0 Å². The van der Waals surface area contributed by atoms with Crippen molar-refractivity contribution in [2.45, 2.75) is 18.7 Å². The van der Waals surface area contributed by atoms with Crippen LogP contribution in [-0.4, -0.2) is 21.6 Å². The van der Waals surface area contributed by atoms with Crippen molar-refractivity contribution in [3.8, 4) is 11.1 Å². The van der Waals surface area contributed by atoms with Crippen molar-refractivity contribution >= 4 is 17.7 Å². The molecule has 0 aliphatic carbocycles. The van der Waals surface area contributed by atoms with Gasteiger partial charge in [-0.25, -0.2) is 4.98 Å². The Balaban J connectivity index is 2.50. The van der Waals surface area contributed by atoms with Gasteiger partial charge >= 0.3 is 0 Å². The molecule has 0 unspecified atom stereocenters. The zero-order valence-electron chi connectivity index (χ0n) is 11.5. The van der Waals surface area contributed by atoms with Crippen molar-refractivity contribution in [2.24, 2.45) is 11.7 Å². The van der Waals surface area contributed by atoms with Crippen molar-refractivity contribution in [1.82, 2.24) is 9.97 Å². The number of rotatable bonds is 5. The summed E-state index contributed by atoms with van der Waals surface area (Å²) >= 11 is 1.61. The van der Waals surface area contributed by atoms with Gasteiger partial charge in [-0.1, -0.05) is 19.9 Å². The Labute approximate surface area is 122 Å². The molecular weight excluding hydrogens is 270 g/mol. The van der Waals surface area contributed by atoms with Crippen LogP contribution >= 0.6 is 11.8 Å². The van der Waals surface area contributed by atoms with E-state index < -0.39 is 5.91 Å². The molecule has 2 rings (SSSR count). The topological polar surface area (TPSA) is 68.9 Å². The number of amides is 1. The third-order valence-electron chi connectivity index (χ3n) is 2.67. The van der Waals surface area contributed by atoms with Gasteiger partial charge in [0, 0.05) is 40.4 Å². The summed E-state index contributed by atoms with van der Waals surface area (Å²) in [4.78, 5) is 20.7. The fraction of sp³-hybridized carbons (Fsp3) is 0.267. The lowest BCUT2D eigenvalue weighted by molar-refractivity contribution is 0.0992. The average Bonchev–Trinajstić information content (AvgIpc) is 2.45. The Kier molecular flexibility index (Phi) is 4.74. The molecule has 1 amide bonds. The van der Waals surface area contributed by atoms with E-state index in [0.29, 0.717) is 11.6 Å². The van der Waals surface area contributed by atoms with Crippen molar-refractivity contribution in [3.63, 3.8) is 0 Å². The minimum atomic E-state index is -0.498. The summed E-state index contributed by atoms with van der Waals surface area (Å²) in [5, 5.41) is 0. The van der Waals surface area contributed by atoms with Gasteiger partial charge < -0.3 is 5.73 Å². The van der Waals surface area contributed by atoms with Crippen LogP contribution in [0, 0.1) is 5.92 Å². The average molecular weight is 287 g/mol. The van der Waals surface area contributed by atoms with E-state index in [1.54, 1.807) is 30.4 Å². The van der Waals surface area contributed by atoms with Gasteiger partial charge in [0.1, 0.15) is 5.69 Å². The van der Waals surface area contributed by atoms with E-state index in [4.69, 9.17) is 5.73 Å². The second kappa shape index (κ2) is 6.52. The Bertz CT molecular complexity index is 599. The molecule has 2 aromatic heterocycles. The Morgan fingerprint density at radius 3 is 2.75 bits per heavy atom. The lowest BCUT2D eigenvalue weighted by Crippen LogP contribution is -2.15. The first-order valence-electron chi connectivity index (χ1n) is 6.41. The van der Waals surface area contributed by atoms with Crippen LogP contribution in [0.15, 0.2) is 41.7 Å². The van der Waals surface area contributed by atoms with Crippen molar-refractivity contribution < 1.29 is 4.79 Å². The second-order valence-corrected chi connectivity index (χ2v) is 5.88. The lowest BCUT2D eigenvalue weighted by atomic mass is 10.1. The molecule has 20 heavy (non-hydrogen) atoms. The second-order valence-electron chi connectivity index (χ2n) is 4.85. The Hall–Kier alpha value is -1.88. The van der Waals surface area contributed by atoms with Gasteiger partial charge in [0.2, 0.25) is 0 Å². The van der Waals surface area contributed by atoms with Crippen LogP contribution in [-0.2, 0) is 0 Å². The molecule has 0 aromatic carbocycles. The molecule has 0 aliphatic rings. The molecule has 2 aromatic rings. The van der Waals surface area contributed by atoms with Crippen LogP contribution in [0.3, 0.4) is 0 Å². The molecule has 0 radical (unpaired) electrons. The summed E-state index contributed by atoms with van der Waals surface area (Å²) < 4.78 is 0. The van der Waals surface area contributed by atoms with E-state index in [0.717, 1.165) is 21.8 Å². The number of pyridine rings is 2. The molecular formula is C15H17N3OS. The molecule has 0 aliphatic heterocycles. The number of nitrogens with two attached hydrogens (primary N) is 1. The summed E-state index contributed by atoms with van der Waals surface area (Å²) in [6, 6.07) is 5.73. The van der Waals surface area contributed by atoms with Gasteiger partial charge in [-0.05, 0) is 18.1 Å². The number of hydrogen-bond acceptors (Lipinski definition) is 4. The fourth-order valence-corrected chi connectivity index (χ4v) is 2.90. The maximum atomic E-state index is 11.6. The lowest BCUT2D eigenvalue weighted by Gasteiger charge is -2.13. The smallest absolute Gasteiger partial charge is 0.268 e. The van der Waals surface area contributed by atoms with Crippen LogP contribution in [0.2, 0.25) is 0 Å². The third kappa shape index (κ3) is 3.36. The predicted molar refractivity (Wildman–Crippen MR) is 81.5 cm³/mol. The number of nitrogens with zero attached hydrogens (tertiary/aromatic N) is 2. The van der Waals surface area contributed by atoms with Gasteiger partial charge in [0.15, 0.2) is 0 Å². The molecule has 0 bridgehead atoms. The van der Waals surface area contributed by atoms with E-state index >= 15 is 0 Å². The van der Waals surface area contributed by atoms with E-state index in [9.17, 15) is 4.79 Å². The maximum Gasteiger partial charge on any atom is 0.268 e. The fourth-order valence-electron chi connectivity index (χ4n) is 1.77. The number of aromatic nitrogens is 2. The molecule has 2 N–H and O–H groups in total. The summed E-state index contributed by atoms with van der Waals surface area (Å²) in [5.74, 6) is 0.920. The van der Waals surface area contributed by atoms with Gasteiger partial charge in [-0.3, -0.25) is 9.78 Å². The highest BCUT2D eigenvalue weighted by molar-refractivity contribution is 7.99. The highest BCUT2D eigenvalue weighted by Crippen LogP contribution is 2.33. The molecule has 0 saturated heterocycles. The van der Waals surface area contributed by atoms with Gasteiger partial charge in [0.25, 0.3) is 5.91 Å². The number of carbonyl (C=O) groups excluding carboxylic acids is 1. The summed E-state index contributed by atoms with van der Waals surface area (Å²) in [5.41, 5.74) is 7.68. The van der Waals surface area contributed by atoms with Crippen LogP contribution in [0.5, 0.6) is 0 Å². The molecule has 0 spiro atoms. The third-order valence-corrected chi connectivity index (χ3v) is 4.21. The van der Waals surface area contributed by atoms with Gasteiger partial charge in [-0.2, -0.15) is 0 Å². The first-order chi connectivity index (χ1) is 9.59. The first kappa shape index (κ1) is 14.5. The quantitative estimate of drug-likeness (QED) is 0.858. The van der Waals surface area contributed by atoms with Gasteiger partial charge in [-0.15, -0.1) is 11.8 Å². The molecule has 0 saturated carbocycles. The summed E-state index contributed by atoms with van der Waals surface area (Å²) in [6.45, 7) is 4.27. The molecule has 4 nitrogen and oxygen atoms in total.